The van der Waals surface area contributed by atoms with Crippen LogP contribution in [0.2, 0.25) is 0 Å². The number of ether oxygens (including phenoxy) is 1. The van der Waals surface area contributed by atoms with Crippen molar-refractivity contribution in [1.29, 1.82) is 0 Å². The summed E-state index contributed by atoms with van der Waals surface area (Å²) in [7, 11) is 1.61. The molecule has 6 heteroatoms. The molecular weight excluding hydrogens is 328 g/mol. The Morgan fingerprint density at radius 2 is 1.88 bits per heavy atom. The van der Waals surface area contributed by atoms with Crippen LogP contribution in [0.3, 0.4) is 0 Å². The van der Waals surface area contributed by atoms with Crippen LogP contribution in [0.5, 0.6) is 5.75 Å². The normalized spacial score (nSPS) is 10.6. The van der Waals surface area contributed by atoms with E-state index in [1.807, 2.05) is 50.2 Å². The molecule has 1 amide bonds. The van der Waals surface area contributed by atoms with Gasteiger partial charge in [-0.15, -0.1) is 5.10 Å². The number of amides is 1. The number of benzene rings is 2. The van der Waals surface area contributed by atoms with Crippen LogP contribution in [0, 0.1) is 20.8 Å². The van der Waals surface area contributed by atoms with Crippen molar-refractivity contribution in [3.8, 4) is 11.4 Å². The number of carbonyl (C=O) groups excluding carboxylic acids is 1. The fourth-order valence-corrected chi connectivity index (χ4v) is 2.83. The largest absolute Gasteiger partial charge is 0.496 e. The lowest BCUT2D eigenvalue weighted by Gasteiger charge is -2.08. The summed E-state index contributed by atoms with van der Waals surface area (Å²) in [6.07, 6.45) is 0. The molecule has 26 heavy (non-hydrogen) atoms. The summed E-state index contributed by atoms with van der Waals surface area (Å²) in [6, 6.07) is 13.6. The fraction of sp³-hybridized carbons (Fsp3) is 0.250. The topological polar surface area (TPSA) is 69.0 Å². The molecule has 0 atom stereocenters. The van der Waals surface area contributed by atoms with Crippen molar-refractivity contribution in [2.45, 2.75) is 27.3 Å². The summed E-state index contributed by atoms with van der Waals surface area (Å²) in [4.78, 5) is 14.1. The van der Waals surface area contributed by atoms with Crippen molar-refractivity contribution in [3.05, 3.63) is 70.5 Å². The van der Waals surface area contributed by atoms with Gasteiger partial charge in [0.15, 0.2) is 5.69 Å². The maximum atomic E-state index is 12.6. The molecule has 0 radical (unpaired) electrons. The van der Waals surface area contributed by atoms with Gasteiger partial charge in [0, 0.05) is 12.1 Å². The van der Waals surface area contributed by atoms with E-state index in [1.165, 1.54) is 10.4 Å². The number of hydrogen-bond acceptors (Lipinski definition) is 4. The van der Waals surface area contributed by atoms with Crippen molar-refractivity contribution in [2.75, 3.05) is 7.11 Å². The number of rotatable bonds is 5. The Kier molecular flexibility index (Phi) is 5.02. The second-order valence-electron chi connectivity index (χ2n) is 6.21. The Bertz CT molecular complexity index is 947. The molecule has 0 aliphatic heterocycles. The van der Waals surface area contributed by atoms with Gasteiger partial charge in [-0.25, -0.2) is 0 Å². The molecule has 0 unspecified atom stereocenters. The van der Waals surface area contributed by atoms with Crippen LogP contribution < -0.4 is 10.1 Å². The highest BCUT2D eigenvalue weighted by molar-refractivity contribution is 5.93. The second-order valence-corrected chi connectivity index (χ2v) is 6.21. The van der Waals surface area contributed by atoms with E-state index in [9.17, 15) is 4.79 Å². The number of nitrogens with one attached hydrogen (secondary N) is 1. The molecule has 1 N–H and O–H groups in total. The van der Waals surface area contributed by atoms with E-state index in [0.29, 0.717) is 17.9 Å². The summed E-state index contributed by atoms with van der Waals surface area (Å²) < 4.78 is 5.31. The van der Waals surface area contributed by atoms with Gasteiger partial charge >= 0.3 is 0 Å². The van der Waals surface area contributed by atoms with Crippen LogP contribution >= 0.6 is 0 Å². The number of nitrogens with zero attached hydrogens (tertiary/aromatic N) is 3. The molecule has 0 spiro atoms. The van der Waals surface area contributed by atoms with Crippen molar-refractivity contribution < 1.29 is 9.53 Å². The minimum Gasteiger partial charge on any atom is -0.496 e. The van der Waals surface area contributed by atoms with Gasteiger partial charge in [-0.1, -0.05) is 35.9 Å². The molecule has 134 valence electrons. The molecule has 0 aliphatic carbocycles. The molecule has 1 heterocycles. The van der Waals surface area contributed by atoms with E-state index in [4.69, 9.17) is 4.74 Å². The van der Waals surface area contributed by atoms with Crippen molar-refractivity contribution in [3.63, 3.8) is 0 Å². The highest BCUT2D eigenvalue weighted by Crippen LogP contribution is 2.18. The van der Waals surface area contributed by atoms with Crippen molar-refractivity contribution in [1.82, 2.24) is 20.3 Å². The lowest BCUT2D eigenvalue weighted by molar-refractivity contribution is 0.0944. The maximum absolute atomic E-state index is 12.6. The minimum absolute atomic E-state index is 0.260. The van der Waals surface area contributed by atoms with E-state index in [-0.39, 0.29) is 5.91 Å². The molecule has 0 saturated heterocycles. The molecule has 0 fully saturated rings. The molecule has 0 bridgehead atoms. The van der Waals surface area contributed by atoms with Crippen LogP contribution in [0.4, 0.5) is 0 Å². The summed E-state index contributed by atoms with van der Waals surface area (Å²) in [5.41, 5.74) is 4.90. The number of methoxy groups -OCH3 is 1. The molecule has 6 nitrogen and oxygen atoms in total. The highest BCUT2D eigenvalue weighted by Gasteiger charge is 2.17. The monoisotopic (exact) mass is 350 g/mol. The first-order chi connectivity index (χ1) is 12.5. The maximum Gasteiger partial charge on any atom is 0.274 e. The number of carbonyl (C=O) groups is 1. The Balaban J connectivity index is 1.79. The van der Waals surface area contributed by atoms with E-state index in [2.05, 4.69) is 21.6 Å². The summed E-state index contributed by atoms with van der Waals surface area (Å²) in [5.74, 6) is 0.480. The number of hydrogen-bond donors (Lipinski definition) is 1. The van der Waals surface area contributed by atoms with E-state index in [0.717, 1.165) is 22.6 Å². The van der Waals surface area contributed by atoms with Gasteiger partial charge < -0.3 is 10.1 Å². The van der Waals surface area contributed by atoms with Gasteiger partial charge in [0.25, 0.3) is 5.91 Å². The first-order valence-electron chi connectivity index (χ1n) is 8.41. The average Bonchev–Trinajstić information content (AvgIpc) is 3.01. The van der Waals surface area contributed by atoms with Gasteiger partial charge in [-0.05, 0) is 38.5 Å². The fourth-order valence-electron chi connectivity index (χ4n) is 2.83. The highest BCUT2D eigenvalue weighted by atomic mass is 16.5. The zero-order valence-corrected chi connectivity index (χ0v) is 15.4. The molecular formula is C20H22N4O2. The van der Waals surface area contributed by atoms with E-state index in [1.54, 1.807) is 14.0 Å². The lowest BCUT2D eigenvalue weighted by atomic mass is 10.1. The molecule has 3 rings (SSSR count). The van der Waals surface area contributed by atoms with Crippen LogP contribution in [0.25, 0.3) is 5.69 Å². The van der Waals surface area contributed by atoms with E-state index >= 15 is 0 Å². The smallest absolute Gasteiger partial charge is 0.274 e. The molecule has 1 aromatic heterocycles. The second kappa shape index (κ2) is 7.39. The third-order valence-electron chi connectivity index (χ3n) is 4.20. The predicted molar refractivity (Wildman–Crippen MR) is 99.7 cm³/mol. The molecule has 3 aromatic rings. The van der Waals surface area contributed by atoms with Gasteiger partial charge in [-0.2, -0.15) is 9.90 Å². The average molecular weight is 350 g/mol. The van der Waals surface area contributed by atoms with Gasteiger partial charge in [0.1, 0.15) is 5.75 Å². The van der Waals surface area contributed by atoms with Crippen LogP contribution in [0.1, 0.15) is 32.9 Å². The summed E-state index contributed by atoms with van der Waals surface area (Å²) in [6.45, 7) is 6.18. The zero-order valence-electron chi connectivity index (χ0n) is 15.4. The van der Waals surface area contributed by atoms with Gasteiger partial charge in [0.05, 0.1) is 18.5 Å². The molecule has 2 aromatic carbocycles. The van der Waals surface area contributed by atoms with Crippen LogP contribution in [0.15, 0.2) is 42.5 Å². The first kappa shape index (κ1) is 17.7. The Labute approximate surface area is 152 Å². The molecule has 0 aliphatic rings. The number of aryl methyl sites for hydroxylation is 3. The van der Waals surface area contributed by atoms with Crippen LogP contribution in [-0.4, -0.2) is 28.0 Å². The summed E-state index contributed by atoms with van der Waals surface area (Å²) >= 11 is 0. The number of aromatic nitrogens is 3. The minimum atomic E-state index is -0.260. The van der Waals surface area contributed by atoms with Crippen LogP contribution in [-0.2, 0) is 6.54 Å². The van der Waals surface area contributed by atoms with E-state index < -0.39 is 0 Å². The van der Waals surface area contributed by atoms with Crippen molar-refractivity contribution >= 4 is 5.91 Å². The Morgan fingerprint density at radius 1 is 1.12 bits per heavy atom. The van der Waals surface area contributed by atoms with Gasteiger partial charge in [0.2, 0.25) is 0 Å². The third-order valence-corrected chi connectivity index (χ3v) is 4.20. The van der Waals surface area contributed by atoms with Crippen molar-refractivity contribution in [2.24, 2.45) is 0 Å². The zero-order chi connectivity index (χ0) is 18.7. The standard InChI is InChI=1S/C20H22N4O2/c1-13-9-10-17(14(2)11-13)24-22-15(3)19(23-24)20(25)21-12-16-7-5-6-8-18(16)26-4/h5-11H,12H2,1-4H3,(H,21,25). The predicted octanol–water partition coefficient (Wildman–Crippen LogP) is 3.13. The first-order valence-corrected chi connectivity index (χ1v) is 8.41. The Morgan fingerprint density at radius 3 is 2.62 bits per heavy atom. The SMILES string of the molecule is COc1ccccc1CNC(=O)c1nn(-c2ccc(C)cc2C)nc1C. The summed E-state index contributed by atoms with van der Waals surface area (Å²) in [5, 5.41) is 11.7. The lowest BCUT2D eigenvalue weighted by Crippen LogP contribution is -2.24. The third kappa shape index (κ3) is 3.59. The Hall–Kier alpha value is -3.15. The quantitative estimate of drug-likeness (QED) is 0.767. The number of para-hydroxylation sites is 1. The molecule has 0 saturated carbocycles. The van der Waals surface area contributed by atoms with Gasteiger partial charge in [-0.3, -0.25) is 4.79 Å².